The molecule has 3 saturated heterocycles. The molecule has 5 heterocycles. The molecule has 0 aliphatic carbocycles. The number of aromatic nitrogens is 3. The van der Waals surface area contributed by atoms with Gasteiger partial charge in [0.05, 0.1) is 23.7 Å². The minimum absolute atomic E-state index is 0.0131. The third-order valence-corrected chi connectivity index (χ3v) is 5.37. The van der Waals surface area contributed by atoms with Crippen LogP contribution >= 0.6 is 0 Å². The van der Waals surface area contributed by atoms with Gasteiger partial charge in [-0.25, -0.2) is 9.97 Å². The lowest BCUT2D eigenvalue weighted by atomic mass is 9.94. The molecule has 2 amide bonds. The SMILES string of the molecule is CCNc1ncc(C(=O)N2C[C@H]3CC[C@@H](C2)N(Cc2ccccn2)C3=O)cn1. The zero-order valence-corrected chi connectivity index (χ0v) is 15.9. The van der Waals surface area contributed by atoms with Crippen molar-refractivity contribution in [1.29, 1.82) is 0 Å². The molecule has 8 heteroatoms. The molecule has 0 unspecified atom stereocenters. The van der Waals surface area contributed by atoms with E-state index in [1.807, 2.05) is 30.0 Å². The fourth-order valence-corrected chi connectivity index (χ4v) is 3.95. The number of rotatable bonds is 5. The number of hydrogen-bond donors (Lipinski definition) is 1. The molecule has 0 saturated carbocycles. The van der Waals surface area contributed by atoms with Crippen LogP contribution in [0.1, 0.15) is 35.8 Å². The molecule has 146 valence electrons. The monoisotopic (exact) mass is 380 g/mol. The van der Waals surface area contributed by atoms with E-state index in [9.17, 15) is 9.59 Å². The van der Waals surface area contributed by atoms with Crippen molar-refractivity contribution < 1.29 is 9.59 Å². The molecule has 5 rings (SSSR count). The molecule has 2 bridgehead atoms. The highest BCUT2D eigenvalue weighted by molar-refractivity contribution is 5.94. The van der Waals surface area contributed by atoms with Gasteiger partial charge in [-0.1, -0.05) is 6.07 Å². The van der Waals surface area contributed by atoms with E-state index >= 15 is 0 Å². The van der Waals surface area contributed by atoms with Gasteiger partial charge in [-0.2, -0.15) is 0 Å². The zero-order chi connectivity index (χ0) is 19.5. The highest BCUT2D eigenvalue weighted by atomic mass is 16.2. The Morgan fingerprint density at radius 2 is 2.00 bits per heavy atom. The van der Waals surface area contributed by atoms with Gasteiger partial charge in [-0.3, -0.25) is 14.6 Å². The molecule has 3 fully saturated rings. The molecule has 8 nitrogen and oxygen atoms in total. The molecule has 0 spiro atoms. The summed E-state index contributed by atoms with van der Waals surface area (Å²) in [4.78, 5) is 42.4. The highest BCUT2D eigenvalue weighted by Crippen LogP contribution is 2.30. The van der Waals surface area contributed by atoms with Gasteiger partial charge in [-0.15, -0.1) is 0 Å². The molecule has 3 aliphatic rings. The maximum atomic E-state index is 13.0. The van der Waals surface area contributed by atoms with Gasteiger partial charge >= 0.3 is 0 Å². The van der Waals surface area contributed by atoms with Crippen molar-refractivity contribution in [2.24, 2.45) is 5.92 Å². The van der Waals surface area contributed by atoms with E-state index in [0.717, 1.165) is 25.1 Å². The average Bonchev–Trinajstić information content (AvgIpc) is 3.02. The Kier molecular flexibility index (Phi) is 5.18. The van der Waals surface area contributed by atoms with Gasteiger partial charge in [0.1, 0.15) is 0 Å². The van der Waals surface area contributed by atoms with Crippen molar-refractivity contribution in [3.05, 3.63) is 48.0 Å². The lowest BCUT2D eigenvalue weighted by molar-refractivity contribution is -0.140. The lowest BCUT2D eigenvalue weighted by Crippen LogP contribution is -2.47. The van der Waals surface area contributed by atoms with E-state index < -0.39 is 0 Å². The van der Waals surface area contributed by atoms with Crippen LogP contribution in [0.3, 0.4) is 0 Å². The van der Waals surface area contributed by atoms with E-state index in [2.05, 4.69) is 20.3 Å². The van der Waals surface area contributed by atoms with Gasteiger partial charge in [0.15, 0.2) is 0 Å². The predicted octanol–water partition coefficient (Wildman–Crippen LogP) is 1.57. The Bertz CT molecular complexity index is 842. The van der Waals surface area contributed by atoms with E-state index in [1.54, 1.807) is 23.5 Å². The number of carbonyl (C=O) groups is 2. The lowest BCUT2D eigenvalue weighted by Gasteiger charge is -2.35. The van der Waals surface area contributed by atoms with Crippen LogP contribution in [-0.2, 0) is 11.3 Å². The number of nitrogens with zero attached hydrogens (tertiary/aromatic N) is 5. The van der Waals surface area contributed by atoms with Crippen molar-refractivity contribution >= 4 is 17.8 Å². The highest BCUT2D eigenvalue weighted by Gasteiger charge is 2.42. The molecule has 3 aliphatic heterocycles. The smallest absolute Gasteiger partial charge is 0.257 e. The van der Waals surface area contributed by atoms with Gasteiger partial charge in [0, 0.05) is 44.3 Å². The number of piperidine rings is 1. The maximum Gasteiger partial charge on any atom is 0.257 e. The third-order valence-electron chi connectivity index (χ3n) is 5.37. The summed E-state index contributed by atoms with van der Waals surface area (Å²) >= 11 is 0. The molecule has 1 N–H and O–H groups in total. The second-order valence-corrected chi connectivity index (χ2v) is 7.25. The van der Waals surface area contributed by atoms with Gasteiger partial charge < -0.3 is 15.1 Å². The Morgan fingerprint density at radius 3 is 2.71 bits per heavy atom. The van der Waals surface area contributed by atoms with Gasteiger partial charge in [-0.05, 0) is 31.9 Å². The van der Waals surface area contributed by atoms with Crippen LogP contribution in [0.4, 0.5) is 5.95 Å². The molecular weight excluding hydrogens is 356 g/mol. The molecule has 2 aromatic rings. The van der Waals surface area contributed by atoms with Crippen LogP contribution in [0.5, 0.6) is 0 Å². The summed E-state index contributed by atoms with van der Waals surface area (Å²) in [5.74, 6) is 0.350. The predicted molar refractivity (Wildman–Crippen MR) is 103 cm³/mol. The number of anilines is 1. The Morgan fingerprint density at radius 1 is 1.18 bits per heavy atom. The second kappa shape index (κ2) is 7.92. The molecule has 2 atom stereocenters. The molecule has 0 radical (unpaired) electrons. The van der Waals surface area contributed by atoms with E-state index in [1.165, 1.54) is 0 Å². The standard InChI is InChI=1S/C20H24N6O2/c1-2-21-20-23-9-15(10-24-20)18(27)25-11-14-6-7-17(13-25)26(19(14)28)12-16-5-3-4-8-22-16/h3-5,8-10,14,17H,2,6-7,11-13H2,1H3,(H,21,23,24)/t14-,17+/m1/s1. The number of hydrogen-bond acceptors (Lipinski definition) is 6. The normalized spacial score (nSPS) is 21.5. The molecule has 0 aromatic carbocycles. The van der Waals surface area contributed by atoms with Crippen LogP contribution in [0.15, 0.2) is 36.8 Å². The average molecular weight is 380 g/mol. The summed E-state index contributed by atoms with van der Waals surface area (Å²) in [5.41, 5.74) is 1.32. The van der Waals surface area contributed by atoms with Crippen molar-refractivity contribution in [3.8, 4) is 0 Å². The fraction of sp³-hybridized carbons (Fsp3) is 0.450. The summed E-state index contributed by atoms with van der Waals surface area (Å²) in [6, 6.07) is 5.73. The number of amides is 2. The largest absolute Gasteiger partial charge is 0.355 e. The third kappa shape index (κ3) is 3.67. The summed E-state index contributed by atoms with van der Waals surface area (Å²) < 4.78 is 0. The summed E-state index contributed by atoms with van der Waals surface area (Å²) in [7, 11) is 0. The summed E-state index contributed by atoms with van der Waals surface area (Å²) in [5, 5.41) is 3.02. The second-order valence-electron chi connectivity index (χ2n) is 7.25. The van der Waals surface area contributed by atoms with Crippen molar-refractivity contribution in [3.63, 3.8) is 0 Å². The first-order valence-electron chi connectivity index (χ1n) is 9.71. The number of pyridine rings is 1. The number of carbonyl (C=O) groups excluding carboxylic acids is 2. The quantitative estimate of drug-likeness (QED) is 0.847. The van der Waals surface area contributed by atoms with E-state index in [0.29, 0.717) is 31.1 Å². The fourth-order valence-electron chi connectivity index (χ4n) is 3.95. The minimum atomic E-state index is -0.159. The minimum Gasteiger partial charge on any atom is -0.355 e. The molecule has 28 heavy (non-hydrogen) atoms. The van der Waals surface area contributed by atoms with E-state index in [4.69, 9.17) is 0 Å². The van der Waals surface area contributed by atoms with Crippen molar-refractivity contribution in [1.82, 2.24) is 24.8 Å². The first-order chi connectivity index (χ1) is 13.7. The Balaban J connectivity index is 1.50. The summed E-state index contributed by atoms with van der Waals surface area (Å²) in [6.45, 7) is 4.15. The van der Waals surface area contributed by atoms with Gasteiger partial charge in [0.2, 0.25) is 11.9 Å². The number of fused-ring (bicyclic) bond motifs is 4. The Labute approximate surface area is 164 Å². The number of nitrogens with one attached hydrogen (secondary N) is 1. The first-order valence-corrected chi connectivity index (χ1v) is 9.71. The van der Waals surface area contributed by atoms with Crippen molar-refractivity contribution in [2.45, 2.75) is 32.4 Å². The molecule has 2 aromatic heterocycles. The first kappa shape index (κ1) is 18.3. The summed E-state index contributed by atoms with van der Waals surface area (Å²) in [6.07, 6.45) is 6.56. The van der Waals surface area contributed by atoms with Crippen LogP contribution < -0.4 is 5.32 Å². The van der Waals surface area contributed by atoms with Crippen LogP contribution in [-0.4, -0.2) is 62.2 Å². The zero-order valence-electron chi connectivity index (χ0n) is 15.9. The van der Waals surface area contributed by atoms with Crippen LogP contribution in [0.25, 0.3) is 0 Å². The topological polar surface area (TPSA) is 91.3 Å². The van der Waals surface area contributed by atoms with Gasteiger partial charge in [0.25, 0.3) is 5.91 Å². The van der Waals surface area contributed by atoms with Crippen LogP contribution in [0, 0.1) is 5.92 Å². The Hall–Kier alpha value is -3.03. The van der Waals surface area contributed by atoms with Crippen molar-refractivity contribution in [2.75, 3.05) is 25.0 Å². The molecular formula is C20H24N6O2. The maximum absolute atomic E-state index is 13.0. The van der Waals surface area contributed by atoms with Crippen LogP contribution in [0.2, 0.25) is 0 Å². The van der Waals surface area contributed by atoms with E-state index in [-0.39, 0.29) is 23.8 Å².